The zero-order valence-corrected chi connectivity index (χ0v) is 12.5. The highest BCUT2D eigenvalue weighted by Gasteiger charge is 2.33. The van der Waals surface area contributed by atoms with E-state index in [2.05, 4.69) is 4.72 Å². The highest BCUT2D eigenvalue weighted by Crippen LogP contribution is 2.30. The molecule has 1 aromatic carbocycles. The Morgan fingerprint density at radius 1 is 1.30 bits per heavy atom. The quantitative estimate of drug-likeness (QED) is 0.842. The average molecular weight is 330 g/mol. The highest BCUT2D eigenvalue weighted by atomic mass is 35.5. The van der Waals surface area contributed by atoms with Gasteiger partial charge < -0.3 is 0 Å². The molecule has 0 heterocycles. The van der Waals surface area contributed by atoms with Gasteiger partial charge in [-0.1, -0.05) is 13.0 Å². The maximum atomic E-state index is 12.6. The Hall–Kier alpha value is -0.790. The zero-order chi connectivity index (χ0) is 15.6. The lowest BCUT2D eigenvalue weighted by molar-refractivity contribution is -0.137. The summed E-state index contributed by atoms with van der Waals surface area (Å²) in [5.74, 6) is 0.0156. The Labute approximate surface area is 121 Å². The molecule has 1 aromatic rings. The van der Waals surface area contributed by atoms with Crippen LogP contribution in [0.5, 0.6) is 0 Å². The smallest absolute Gasteiger partial charge is 0.207 e. The van der Waals surface area contributed by atoms with Crippen molar-refractivity contribution in [2.45, 2.75) is 36.9 Å². The fourth-order valence-electron chi connectivity index (χ4n) is 1.42. The van der Waals surface area contributed by atoms with Gasteiger partial charge in [-0.05, 0) is 31.5 Å². The van der Waals surface area contributed by atoms with Gasteiger partial charge >= 0.3 is 6.18 Å². The van der Waals surface area contributed by atoms with Crippen LogP contribution in [0.1, 0.15) is 25.8 Å². The standard InChI is InChI=1S/C12H15ClF3NO2S/c1-3-11(2,8-13)17-20(18,19)10-6-4-5-9(7-10)12(14,15)16/h4-7,17H,3,8H2,1-2H3. The van der Waals surface area contributed by atoms with E-state index >= 15 is 0 Å². The van der Waals surface area contributed by atoms with Crippen molar-refractivity contribution in [3.05, 3.63) is 29.8 Å². The van der Waals surface area contributed by atoms with Crippen molar-refractivity contribution in [3.63, 3.8) is 0 Å². The topological polar surface area (TPSA) is 46.2 Å². The molecule has 0 amide bonds. The van der Waals surface area contributed by atoms with E-state index < -0.39 is 32.2 Å². The lowest BCUT2D eigenvalue weighted by atomic mass is 10.0. The summed E-state index contributed by atoms with van der Waals surface area (Å²) in [6.45, 7) is 3.32. The summed E-state index contributed by atoms with van der Waals surface area (Å²) in [5, 5.41) is 0. The van der Waals surface area contributed by atoms with Gasteiger partial charge in [0.2, 0.25) is 10.0 Å². The first-order chi connectivity index (χ1) is 9.04. The van der Waals surface area contributed by atoms with Gasteiger partial charge in [0.1, 0.15) is 0 Å². The first-order valence-electron chi connectivity index (χ1n) is 5.81. The first kappa shape index (κ1) is 17.3. The largest absolute Gasteiger partial charge is 0.416 e. The summed E-state index contributed by atoms with van der Waals surface area (Å²) >= 11 is 5.70. The molecule has 0 bridgehead atoms. The second kappa shape index (κ2) is 5.91. The van der Waals surface area contributed by atoms with E-state index in [1.807, 2.05) is 0 Å². The summed E-state index contributed by atoms with van der Waals surface area (Å²) in [6, 6.07) is 3.59. The van der Waals surface area contributed by atoms with Gasteiger partial charge in [-0.2, -0.15) is 13.2 Å². The van der Waals surface area contributed by atoms with E-state index in [0.717, 1.165) is 18.2 Å². The Morgan fingerprint density at radius 3 is 2.35 bits per heavy atom. The van der Waals surface area contributed by atoms with Crippen LogP contribution in [0, 0.1) is 0 Å². The number of nitrogens with one attached hydrogen (secondary N) is 1. The summed E-state index contributed by atoms with van der Waals surface area (Å²) in [4.78, 5) is -0.433. The van der Waals surface area contributed by atoms with E-state index in [4.69, 9.17) is 11.6 Å². The minimum absolute atomic E-state index is 0.0156. The zero-order valence-electron chi connectivity index (χ0n) is 11.0. The minimum Gasteiger partial charge on any atom is -0.207 e. The van der Waals surface area contributed by atoms with Gasteiger partial charge in [-0.15, -0.1) is 11.6 Å². The van der Waals surface area contributed by atoms with Gasteiger partial charge in [-0.3, -0.25) is 0 Å². The van der Waals surface area contributed by atoms with Crippen molar-refractivity contribution < 1.29 is 21.6 Å². The number of alkyl halides is 4. The molecule has 1 rings (SSSR count). The molecule has 0 fully saturated rings. The van der Waals surface area contributed by atoms with Crippen LogP contribution in [-0.2, 0) is 16.2 Å². The number of halogens is 4. The van der Waals surface area contributed by atoms with Crippen molar-refractivity contribution in [1.82, 2.24) is 4.72 Å². The van der Waals surface area contributed by atoms with Gasteiger partial charge in [0.05, 0.1) is 10.5 Å². The van der Waals surface area contributed by atoms with E-state index in [9.17, 15) is 21.6 Å². The molecule has 0 saturated heterocycles. The Kier molecular flexibility index (Phi) is 5.10. The number of hydrogen-bond acceptors (Lipinski definition) is 2. The molecule has 0 radical (unpaired) electrons. The third-order valence-corrected chi connectivity index (χ3v) is 5.15. The lowest BCUT2D eigenvalue weighted by Gasteiger charge is -2.26. The third-order valence-electron chi connectivity index (χ3n) is 2.93. The molecule has 1 atom stereocenters. The summed E-state index contributed by atoms with van der Waals surface area (Å²) in [6.07, 6.45) is -4.18. The van der Waals surface area contributed by atoms with Gasteiger partial charge in [0.25, 0.3) is 0 Å². The Morgan fingerprint density at radius 2 is 1.90 bits per heavy atom. The Balaban J connectivity index is 3.17. The Bertz CT molecular complexity index is 568. The highest BCUT2D eigenvalue weighted by molar-refractivity contribution is 7.89. The number of rotatable bonds is 5. The second-order valence-electron chi connectivity index (χ2n) is 4.68. The van der Waals surface area contributed by atoms with Crippen LogP contribution in [0.4, 0.5) is 13.2 Å². The molecule has 3 nitrogen and oxygen atoms in total. The molecule has 1 N–H and O–H groups in total. The van der Waals surface area contributed by atoms with Crippen LogP contribution in [0.2, 0.25) is 0 Å². The number of sulfonamides is 1. The first-order valence-corrected chi connectivity index (χ1v) is 7.83. The van der Waals surface area contributed by atoms with Gasteiger partial charge in [0, 0.05) is 11.4 Å². The fraction of sp³-hybridized carbons (Fsp3) is 0.500. The molecule has 0 aromatic heterocycles. The normalized spacial score (nSPS) is 15.9. The summed E-state index contributed by atoms with van der Waals surface area (Å²) < 4.78 is 64.3. The molecule has 1 unspecified atom stereocenters. The van der Waals surface area contributed by atoms with E-state index in [-0.39, 0.29) is 5.88 Å². The molecule has 114 valence electrons. The van der Waals surface area contributed by atoms with Crippen molar-refractivity contribution in [2.75, 3.05) is 5.88 Å². The summed E-state index contributed by atoms with van der Waals surface area (Å²) in [7, 11) is -4.06. The molecular weight excluding hydrogens is 315 g/mol. The predicted molar refractivity (Wildman–Crippen MR) is 71.2 cm³/mol. The van der Waals surface area contributed by atoms with E-state index in [0.29, 0.717) is 12.5 Å². The maximum absolute atomic E-state index is 12.6. The third kappa shape index (κ3) is 4.10. The molecular formula is C12H15ClF3NO2S. The van der Waals surface area contributed by atoms with Crippen LogP contribution < -0.4 is 4.72 Å². The van der Waals surface area contributed by atoms with E-state index in [1.165, 1.54) is 0 Å². The average Bonchev–Trinajstić information content (AvgIpc) is 2.37. The molecule has 0 aliphatic rings. The molecule has 0 spiro atoms. The second-order valence-corrected chi connectivity index (χ2v) is 6.63. The molecule has 20 heavy (non-hydrogen) atoms. The fourth-order valence-corrected chi connectivity index (χ4v) is 3.27. The molecule has 0 aliphatic carbocycles. The van der Waals surface area contributed by atoms with Crippen LogP contribution in [0.25, 0.3) is 0 Å². The monoisotopic (exact) mass is 329 g/mol. The van der Waals surface area contributed by atoms with Crippen molar-refractivity contribution in [2.24, 2.45) is 0 Å². The SMILES string of the molecule is CCC(C)(CCl)NS(=O)(=O)c1cccc(C(F)(F)F)c1. The van der Waals surface area contributed by atoms with Crippen LogP contribution >= 0.6 is 11.6 Å². The molecule has 8 heteroatoms. The summed E-state index contributed by atoms with van der Waals surface area (Å²) in [5.41, 5.74) is -1.92. The van der Waals surface area contributed by atoms with E-state index in [1.54, 1.807) is 13.8 Å². The lowest BCUT2D eigenvalue weighted by Crippen LogP contribution is -2.46. The maximum Gasteiger partial charge on any atom is 0.416 e. The number of hydrogen-bond donors (Lipinski definition) is 1. The molecule has 0 saturated carbocycles. The van der Waals surface area contributed by atoms with Gasteiger partial charge in [-0.25, -0.2) is 13.1 Å². The van der Waals surface area contributed by atoms with Gasteiger partial charge in [0.15, 0.2) is 0 Å². The van der Waals surface area contributed by atoms with Crippen molar-refractivity contribution >= 4 is 21.6 Å². The van der Waals surface area contributed by atoms with Crippen molar-refractivity contribution in [3.8, 4) is 0 Å². The minimum atomic E-state index is -4.59. The van der Waals surface area contributed by atoms with Crippen LogP contribution in [0.3, 0.4) is 0 Å². The predicted octanol–water partition coefficient (Wildman–Crippen LogP) is 3.39. The number of benzene rings is 1. The van der Waals surface area contributed by atoms with Crippen LogP contribution in [0.15, 0.2) is 29.2 Å². The van der Waals surface area contributed by atoms with Crippen LogP contribution in [-0.4, -0.2) is 19.8 Å². The molecule has 0 aliphatic heterocycles. The van der Waals surface area contributed by atoms with Crippen molar-refractivity contribution in [1.29, 1.82) is 0 Å².